The van der Waals surface area contributed by atoms with Crippen LogP contribution in [0.4, 0.5) is 0 Å². The number of aromatic hydroxyl groups is 1. The Morgan fingerprint density at radius 2 is 1.75 bits per heavy atom. The summed E-state index contributed by atoms with van der Waals surface area (Å²) >= 11 is 0. The molecule has 1 aromatic rings. The molecule has 2 aliphatic rings. The fourth-order valence-corrected chi connectivity index (χ4v) is 4.33. The fourth-order valence-electron chi connectivity index (χ4n) is 4.33. The first-order valence-electron chi connectivity index (χ1n) is 9.60. The van der Waals surface area contributed by atoms with Crippen LogP contribution < -0.4 is 0 Å². The number of aliphatic hydroxyl groups excluding tert-OH is 1. The van der Waals surface area contributed by atoms with Gasteiger partial charge in [0.05, 0.1) is 0 Å². The van der Waals surface area contributed by atoms with E-state index >= 15 is 0 Å². The van der Waals surface area contributed by atoms with Gasteiger partial charge in [-0.15, -0.1) is 0 Å². The molecule has 1 saturated heterocycles. The van der Waals surface area contributed by atoms with E-state index in [0.29, 0.717) is 11.8 Å². The maximum absolute atomic E-state index is 9.48. The predicted octanol–water partition coefficient (Wildman–Crippen LogP) is 2.84. The lowest BCUT2D eigenvalue weighted by molar-refractivity contribution is 0.0400. The molecule has 4 nitrogen and oxygen atoms in total. The Morgan fingerprint density at radius 3 is 2.46 bits per heavy atom. The minimum atomic E-state index is 0.277. The van der Waals surface area contributed by atoms with Crippen molar-refractivity contribution in [3.8, 4) is 5.75 Å². The monoisotopic (exact) mass is 332 g/mol. The molecule has 0 aromatic heterocycles. The molecule has 1 heterocycles. The van der Waals surface area contributed by atoms with Gasteiger partial charge in [0.15, 0.2) is 0 Å². The molecule has 1 saturated carbocycles. The third-order valence-electron chi connectivity index (χ3n) is 5.71. The maximum Gasteiger partial charge on any atom is 0.115 e. The summed E-state index contributed by atoms with van der Waals surface area (Å²) in [5.41, 5.74) is 1.25. The van der Waals surface area contributed by atoms with Gasteiger partial charge < -0.3 is 10.2 Å². The summed E-state index contributed by atoms with van der Waals surface area (Å²) in [5.74, 6) is 1.19. The second kappa shape index (κ2) is 8.84. The molecule has 134 valence electrons. The van der Waals surface area contributed by atoms with Gasteiger partial charge in [0.1, 0.15) is 5.75 Å². The molecule has 2 N–H and O–H groups in total. The summed E-state index contributed by atoms with van der Waals surface area (Å²) in [6.45, 7) is 5.67. The Labute approximate surface area is 146 Å². The van der Waals surface area contributed by atoms with E-state index in [-0.39, 0.29) is 6.61 Å². The molecule has 1 aliphatic heterocycles. The molecule has 0 unspecified atom stereocenters. The number of phenols is 1. The van der Waals surface area contributed by atoms with Gasteiger partial charge >= 0.3 is 0 Å². The molecular formula is C20H32N2O2. The highest BCUT2D eigenvalue weighted by Crippen LogP contribution is 2.26. The number of hydrogen-bond donors (Lipinski definition) is 2. The van der Waals surface area contributed by atoms with Gasteiger partial charge in [0, 0.05) is 45.4 Å². The molecule has 3 rings (SSSR count). The molecular weight excluding hydrogens is 300 g/mol. The van der Waals surface area contributed by atoms with E-state index in [4.69, 9.17) is 0 Å². The van der Waals surface area contributed by atoms with Crippen LogP contribution in [0.5, 0.6) is 5.75 Å². The molecule has 1 aliphatic carbocycles. The topological polar surface area (TPSA) is 46.9 Å². The average Bonchev–Trinajstić information content (AvgIpc) is 2.60. The molecule has 0 radical (unpaired) electrons. The lowest BCUT2D eigenvalue weighted by atomic mass is 9.88. The van der Waals surface area contributed by atoms with E-state index in [1.54, 1.807) is 12.1 Å². The molecule has 0 spiro atoms. The van der Waals surface area contributed by atoms with E-state index in [2.05, 4.69) is 9.80 Å². The highest BCUT2D eigenvalue weighted by atomic mass is 16.3. The Balaban J connectivity index is 1.54. The average molecular weight is 332 g/mol. The highest BCUT2D eigenvalue weighted by molar-refractivity contribution is 5.25. The number of piperazine rings is 1. The summed E-state index contributed by atoms with van der Waals surface area (Å²) in [6, 6.07) is 8.01. The third kappa shape index (κ3) is 4.95. The Kier molecular flexibility index (Phi) is 6.52. The number of aliphatic hydroxyl groups is 1. The van der Waals surface area contributed by atoms with Gasteiger partial charge in [-0.1, -0.05) is 31.4 Å². The van der Waals surface area contributed by atoms with Gasteiger partial charge in [-0.05, 0) is 42.9 Å². The van der Waals surface area contributed by atoms with Crippen LogP contribution in [0.25, 0.3) is 0 Å². The first-order valence-corrected chi connectivity index (χ1v) is 9.60. The van der Waals surface area contributed by atoms with Crippen molar-refractivity contribution in [1.82, 2.24) is 9.80 Å². The number of hydrogen-bond acceptors (Lipinski definition) is 4. The third-order valence-corrected chi connectivity index (χ3v) is 5.71. The van der Waals surface area contributed by atoms with E-state index in [1.165, 1.54) is 44.2 Å². The SMILES string of the molecule is OCC[C@@H]1CN(Cc2ccc(O)cc2)CCN1CC1CCCCC1. The lowest BCUT2D eigenvalue weighted by Crippen LogP contribution is -2.54. The highest BCUT2D eigenvalue weighted by Gasteiger charge is 2.28. The van der Waals surface area contributed by atoms with Gasteiger partial charge in [-0.25, -0.2) is 0 Å². The molecule has 4 heteroatoms. The zero-order valence-corrected chi connectivity index (χ0v) is 14.7. The van der Waals surface area contributed by atoms with Crippen molar-refractivity contribution < 1.29 is 10.2 Å². The molecule has 0 amide bonds. The van der Waals surface area contributed by atoms with Gasteiger partial charge in [-0.2, -0.15) is 0 Å². The molecule has 24 heavy (non-hydrogen) atoms. The van der Waals surface area contributed by atoms with Crippen LogP contribution in [0.3, 0.4) is 0 Å². The second-order valence-electron chi connectivity index (χ2n) is 7.57. The second-order valence-corrected chi connectivity index (χ2v) is 7.57. The van der Waals surface area contributed by atoms with Crippen molar-refractivity contribution in [1.29, 1.82) is 0 Å². The van der Waals surface area contributed by atoms with Gasteiger partial charge in [0.25, 0.3) is 0 Å². The molecule has 1 aromatic carbocycles. The van der Waals surface area contributed by atoms with Crippen molar-refractivity contribution in [2.24, 2.45) is 5.92 Å². The van der Waals surface area contributed by atoms with E-state index in [0.717, 1.165) is 38.5 Å². The normalized spacial score (nSPS) is 24.3. The smallest absolute Gasteiger partial charge is 0.115 e. The van der Waals surface area contributed by atoms with Crippen LogP contribution >= 0.6 is 0 Å². The predicted molar refractivity (Wildman–Crippen MR) is 97.0 cm³/mol. The van der Waals surface area contributed by atoms with Crippen molar-refractivity contribution in [2.45, 2.75) is 51.1 Å². The van der Waals surface area contributed by atoms with Crippen LogP contribution in [0.15, 0.2) is 24.3 Å². The molecule has 2 fully saturated rings. The van der Waals surface area contributed by atoms with Crippen LogP contribution in [0, 0.1) is 5.92 Å². The Hall–Kier alpha value is -1.10. The zero-order valence-electron chi connectivity index (χ0n) is 14.7. The van der Waals surface area contributed by atoms with E-state index in [1.807, 2.05) is 12.1 Å². The first-order chi connectivity index (χ1) is 11.7. The minimum absolute atomic E-state index is 0.277. The molecule has 1 atom stereocenters. The van der Waals surface area contributed by atoms with Gasteiger partial charge in [-0.3, -0.25) is 9.80 Å². The van der Waals surface area contributed by atoms with Crippen molar-refractivity contribution in [3.05, 3.63) is 29.8 Å². The Bertz CT molecular complexity index is 485. The number of phenolic OH excluding ortho intramolecular Hbond substituents is 1. The fraction of sp³-hybridized carbons (Fsp3) is 0.700. The van der Waals surface area contributed by atoms with Crippen LogP contribution in [0.2, 0.25) is 0 Å². The van der Waals surface area contributed by atoms with Crippen LogP contribution in [0.1, 0.15) is 44.1 Å². The van der Waals surface area contributed by atoms with E-state index in [9.17, 15) is 10.2 Å². The summed E-state index contributed by atoms with van der Waals surface area (Å²) < 4.78 is 0. The van der Waals surface area contributed by atoms with Gasteiger partial charge in [0.2, 0.25) is 0 Å². The number of rotatable bonds is 6. The van der Waals surface area contributed by atoms with E-state index < -0.39 is 0 Å². The quantitative estimate of drug-likeness (QED) is 0.841. The Morgan fingerprint density at radius 1 is 1.00 bits per heavy atom. The summed E-state index contributed by atoms with van der Waals surface area (Å²) in [5, 5.41) is 18.9. The lowest BCUT2D eigenvalue weighted by Gasteiger charge is -2.43. The van der Waals surface area contributed by atoms with Crippen LogP contribution in [-0.2, 0) is 6.54 Å². The minimum Gasteiger partial charge on any atom is -0.508 e. The van der Waals surface area contributed by atoms with Crippen molar-refractivity contribution in [3.63, 3.8) is 0 Å². The molecule has 0 bridgehead atoms. The largest absolute Gasteiger partial charge is 0.508 e. The summed E-state index contributed by atoms with van der Waals surface area (Å²) in [6.07, 6.45) is 7.86. The summed E-state index contributed by atoms with van der Waals surface area (Å²) in [4.78, 5) is 5.13. The van der Waals surface area contributed by atoms with Crippen LogP contribution in [-0.4, -0.2) is 58.8 Å². The zero-order chi connectivity index (χ0) is 16.8. The van der Waals surface area contributed by atoms with Crippen molar-refractivity contribution >= 4 is 0 Å². The number of nitrogens with zero attached hydrogens (tertiary/aromatic N) is 2. The number of benzene rings is 1. The maximum atomic E-state index is 9.48. The summed E-state index contributed by atoms with van der Waals surface area (Å²) in [7, 11) is 0. The first kappa shape index (κ1) is 17.7. The van der Waals surface area contributed by atoms with Crippen molar-refractivity contribution in [2.75, 3.05) is 32.8 Å². The standard InChI is InChI=1S/C20H32N2O2/c23-13-10-19-16-21(14-18-6-8-20(24)9-7-18)11-12-22(19)15-17-4-2-1-3-5-17/h6-9,17,19,23-24H,1-5,10-16H2/t19-/m1/s1.